The zero-order valence-corrected chi connectivity index (χ0v) is 15.7. The molecule has 4 aliphatic carbocycles. The maximum atomic E-state index is 12.8. The maximum absolute atomic E-state index is 12.8. The van der Waals surface area contributed by atoms with E-state index in [1.807, 2.05) is 30.5 Å². The summed E-state index contributed by atoms with van der Waals surface area (Å²) in [5.41, 5.74) is 3.23. The summed E-state index contributed by atoms with van der Waals surface area (Å²) in [6.45, 7) is 0.531. The molecule has 4 nitrogen and oxygen atoms in total. The molecule has 4 heteroatoms. The van der Waals surface area contributed by atoms with Crippen LogP contribution in [-0.4, -0.2) is 15.9 Å². The number of pyridine rings is 2. The van der Waals surface area contributed by atoms with Gasteiger partial charge in [-0.1, -0.05) is 6.07 Å². The Bertz CT molecular complexity index is 797. The van der Waals surface area contributed by atoms with Gasteiger partial charge in [-0.25, -0.2) is 0 Å². The van der Waals surface area contributed by atoms with Gasteiger partial charge >= 0.3 is 0 Å². The SMILES string of the molecule is O=C(CC12CC3CC(CC(C3)C1)C2)NCc1cccnc1-c1cccnc1. The first-order chi connectivity index (χ1) is 13.2. The van der Waals surface area contributed by atoms with Crippen molar-refractivity contribution in [3.05, 3.63) is 48.4 Å². The highest BCUT2D eigenvalue weighted by atomic mass is 16.1. The van der Waals surface area contributed by atoms with Crippen LogP contribution in [0.1, 0.15) is 50.5 Å². The quantitative estimate of drug-likeness (QED) is 0.860. The number of carbonyl (C=O) groups is 1. The van der Waals surface area contributed by atoms with E-state index in [2.05, 4.69) is 15.3 Å². The molecular weight excluding hydrogens is 334 g/mol. The normalized spacial score (nSPS) is 31.0. The van der Waals surface area contributed by atoms with E-state index in [0.717, 1.165) is 34.6 Å². The van der Waals surface area contributed by atoms with Crippen molar-refractivity contribution in [2.75, 3.05) is 0 Å². The Hall–Kier alpha value is -2.23. The van der Waals surface area contributed by atoms with Gasteiger partial charge in [0.05, 0.1) is 5.69 Å². The molecule has 1 amide bonds. The average Bonchev–Trinajstić information content (AvgIpc) is 2.66. The second-order valence-corrected chi connectivity index (χ2v) is 9.12. The molecule has 6 rings (SSSR count). The van der Waals surface area contributed by atoms with Crippen LogP contribution in [0, 0.1) is 23.2 Å². The lowest BCUT2D eigenvalue weighted by molar-refractivity contribution is -0.129. The Morgan fingerprint density at radius 3 is 2.41 bits per heavy atom. The minimum atomic E-state index is 0.206. The lowest BCUT2D eigenvalue weighted by atomic mass is 9.49. The van der Waals surface area contributed by atoms with Crippen LogP contribution in [0.15, 0.2) is 42.9 Å². The van der Waals surface area contributed by atoms with E-state index in [1.54, 1.807) is 12.4 Å². The molecule has 0 radical (unpaired) electrons. The molecule has 140 valence electrons. The molecule has 0 spiro atoms. The van der Waals surface area contributed by atoms with E-state index in [0.29, 0.717) is 18.4 Å². The van der Waals surface area contributed by atoms with Crippen LogP contribution >= 0.6 is 0 Å². The molecule has 0 atom stereocenters. The van der Waals surface area contributed by atoms with Crippen molar-refractivity contribution in [3.8, 4) is 11.3 Å². The Balaban J connectivity index is 1.26. The van der Waals surface area contributed by atoms with E-state index in [9.17, 15) is 4.79 Å². The number of nitrogens with one attached hydrogen (secondary N) is 1. The molecule has 1 N–H and O–H groups in total. The number of aromatic nitrogens is 2. The third-order valence-electron chi connectivity index (χ3n) is 7.00. The first-order valence-electron chi connectivity index (χ1n) is 10.3. The van der Waals surface area contributed by atoms with Crippen molar-refractivity contribution in [1.29, 1.82) is 0 Å². The van der Waals surface area contributed by atoms with Gasteiger partial charge in [-0.15, -0.1) is 0 Å². The van der Waals surface area contributed by atoms with E-state index in [1.165, 1.54) is 38.5 Å². The van der Waals surface area contributed by atoms with Crippen LogP contribution in [0.5, 0.6) is 0 Å². The first-order valence-corrected chi connectivity index (χ1v) is 10.3. The molecule has 0 aliphatic heterocycles. The summed E-state index contributed by atoms with van der Waals surface area (Å²) < 4.78 is 0. The zero-order valence-electron chi connectivity index (χ0n) is 15.7. The van der Waals surface area contributed by atoms with Gasteiger partial charge < -0.3 is 5.32 Å². The highest BCUT2D eigenvalue weighted by Crippen LogP contribution is 2.61. The van der Waals surface area contributed by atoms with Gasteiger partial charge in [0.15, 0.2) is 0 Å². The predicted octanol–water partition coefficient (Wildman–Crippen LogP) is 4.37. The van der Waals surface area contributed by atoms with Gasteiger partial charge in [0.1, 0.15) is 0 Å². The monoisotopic (exact) mass is 361 g/mol. The third-order valence-corrected chi connectivity index (χ3v) is 7.00. The molecular formula is C23H27N3O. The fourth-order valence-electron chi connectivity index (χ4n) is 6.45. The van der Waals surface area contributed by atoms with Crippen molar-refractivity contribution >= 4 is 5.91 Å². The lowest BCUT2D eigenvalue weighted by Gasteiger charge is -2.56. The van der Waals surface area contributed by atoms with E-state index < -0.39 is 0 Å². The van der Waals surface area contributed by atoms with Crippen LogP contribution < -0.4 is 5.32 Å². The molecule has 4 fully saturated rings. The molecule has 0 aromatic carbocycles. The lowest BCUT2D eigenvalue weighted by Crippen LogP contribution is -2.47. The Morgan fingerprint density at radius 2 is 1.74 bits per heavy atom. The summed E-state index contributed by atoms with van der Waals surface area (Å²) in [5.74, 6) is 2.87. The number of rotatable bonds is 5. The Kier molecular flexibility index (Phi) is 4.22. The third kappa shape index (κ3) is 3.38. The molecule has 4 aliphatic rings. The fourth-order valence-corrected chi connectivity index (χ4v) is 6.45. The minimum absolute atomic E-state index is 0.206. The van der Waals surface area contributed by atoms with Crippen molar-refractivity contribution < 1.29 is 4.79 Å². The molecule has 2 aromatic heterocycles. The highest BCUT2D eigenvalue weighted by Gasteiger charge is 2.51. The summed E-state index contributed by atoms with van der Waals surface area (Å²) in [4.78, 5) is 21.5. The standard InChI is InChI=1S/C23H27N3O/c27-21(13-23-10-16-7-17(11-23)9-18(8-16)12-23)26-15-20-4-2-6-25-22(20)19-3-1-5-24-14-19/h1-6,14,16-18H,7-13,15H2,(H,26,27). The van der Waals surface area contributed by atoms with Crippen LogP contribution in [0.4, 0.5) is 0 Å². The number of amides is 1. The summed E-state index contributed by atoms with van der Waals surface area (Å²) in [5, 5.41) is 3.18. The van der Waals surface area contributed by atoms with E-state index in [4.69, 9.17) is 0 Å². The number of nitrogens with zero attached hydrogens (tertiary/aromatic N) is 2. The molecule has 4 saturated carbocycles. The largest absolute Gasteiger partial charge is 0.352 e. The Labute approximate surface area is 160 Å². The van der Waals surface area contributed by atoms with Crippen molar-refractivity contribution in [3.63, 3.8) is 0 Å². The Morgan fingerprint density at radius 1 is 1.04 bits per heavy atom. The van der Waals surface area contributed by atoms with E-state index >= 15 is 0 Å². The molecule has 0 unspecified atom stereocenters. The number of hydrogen-bond donors (Lipinski definition) is 1. The minimum Gasteiger partial charge on any atom is -0.352 e. The fraction of sp³-hybridized carbons (Fsp3) is 0.522. The van der Waals surface area contributed by atoms with E-state index in [-0.39, 0.29) is 5.91 Å². The molecule has 2 heterocycles. The maximum Gasteiger partial charge on any atom is 0.220 e. The zero-order chi connectivity index (χ0) is 18.3. The van der Waals surface area contributed by atoms with Gasteiger partial charge in [-0.05, 0) is 85.5 Å². The smallest absolute Gasteiger partial charge is 0.220 e. The van der Waals surface area contributed by atoms with Crippen LogP contribution in [0.3, 0.4) is 0 Å². The summed E-state index contributed by atoms with van der Waals surface area (Å²) in [6, 6.07) is 7.90. The van der Waals surface area contributed by atoms with Crippen LogP contribution in [-0.2, 0) is 11.3 Å². The number of carbonyl (C=O) groups excluding carboxylic acids is 1. The molecule has 4 bridgehead atoms. The summed E-state index contributed by atoms with van der Waals surface area (Å²) >= 11 is 0. The average molecular weight is 361 g/mol. The number of hydrogen-bond acceptors (Lipinski definition) is 3. The van der Waals surface area contributed by atoms with Crippen molar-refractivity contribution in [2.45, 2.75) is 51.5 Å². The second-order valence-electron chi connectivity index (χ2n) is 9.12. The van der Waals surface area contributed by atoms with Gasteiger partial charge in [0.25, 0.3) is 0 Å². The van der Waals surface area contributed by atoms with Crippen molar-refractivity contribution in [1.82, 2.24) is 15.3 Å². The second kappa shape index (κ2) is 6.74. The van der Waals surface area contributed by atoms with Gasteiger partial charge in [0, 0.05) is 37.1 Å². The van der Waals surface area contributed by atoms with Crippen molar-refractivity contribution in [2.24, 2.45) is 23.2 Å². The molecule has 27 heavy (non-hydrogen) atoms. The van der Waals surface area contributed by atoms with Crippen LogP contribution in [0.2, 0.25) is 0 Å². The summed E-state index contributed by atoms with van der Waals surface area (Å²) in [6.07, 6.45) is 14.2. The van der Waals surface area contributed by atoms with Gasteiger partial charge in [0.2, 0.25) is 5.91 Å². The highest BCUT2D eigenvalue weighted by molar-refractivity contribution is 5.77. The summed E-state index contributed by atoms with van der Waals surface area (Å²) in [7, 11) is 0. The van der Waals surface area contributed by atoms with Gasteiger partial charge in [-0.3, -0.25) is 14.8 Å². The topological polar surface area (TPSA) is 54.9 Å². The van der Waals surface area contributed by atoms with Crippen LogP contribution in [0.25, 0.3) is 11.3 Å². The predicted molar refractivity (Wildman–Crippen MR) is 105 cm³/mol. The molecule has 2 aromatic rings. The van der Waals surface area contributed by atoms with Gasteiger partial charge in [-0.2, -0.15) is 0 Å². The molecule has 0 saturated heterocycles. The first kappa shape index (κ1) is 16.9.